The molecule has 0 aromatic heterocycles. The summed E-state index contributed by atoms with van der Waals surface area (Å²) in [7, 11) is 0. The molecule has 26 heavy (non-hydrogen) atoms. The van der Waals surface area contributed by atoms with E-state index in [0.29, 0.717) is 30.6 Å². The predicted molar refractivity (Wildman–Crippen MR) is 97.3 cm³/mol. The van der Waals surface area contributed by atoms with Gasteiger partial charge >= 0.3 is 0 Å². The first-order valence-corrected chi connectivity index (χ1v) is 10.1. The highest BCUT2D eigenvalue weighted by Gasteiger charge is 2.54. The summed E-state index contributed by atoms with van der Waals surface area (Å²) in [5.74, 6) is 2.02. The van der Waals surface area contributed by atoms with Crippen LogP contribution >= 0.6 is 0 Å². The first-order chi connectivity index (χ1) is 12.4. The summed E-state index contributed by atoms with van der Waals surface area (Å²) in [5, 5.41) is 7.05. The second kappa shape index (κ2) is 6.78. The molecule has 1 atom stereocenters. The van der Waals surface area contributed by atoms with Crippen LogP contribution in [0, 0.1) is 23.2 Å². The van der Waals surface area contributed by atoms with Crippen molar-refractivity contribution in [1.29, 1.82) is 0 Å². The molecule has 0 aromatic carbocycles. The highest BCUT2D eigenvalue weighted by molar-refractivity contribution is 6.04. The molecule has 5 aliphatic rings. The van der Waals surface area contributed by atoms with Gasteiger partial charge < -0.3 is 5.32 Å². The van der Waals surface area contributed by atoms with Crippen molar-refractivity contribution in [3.63, 3.8) is 0 Å². The quantitative estimate of drug-likeness (QED) is 0.755. The number of carbonyl (C=O) groups excluding carboxylic acids is 3. The van der Waals surface area contributed by atoms with Gasteiger partial charge in [0.1, 0.15) is 11.8 Å². The molecule has 5 fully saturated rings. The molecule has 0 heterocycles. The molecule has 6 heteroatoms. The fourth-order valence-electron chi connectivity index (χ4n) is 6.02. The van der Waals surface area contributed by atoms with E-state index in [0.717, 1.165) is 37.8 Å². The maximum Gasteiger partial charge on any atom is 0.262 e. The Hall–Kier alpha value is -1.72. The Morgan fingerprint density at radius 3 is 2.27 bits per heavy atom. The van der Waals surface area contributed by atoms with Crippen LogP contribution in [0.1, 0.15) is 71.1 Å². The number of Topliss-reactive ketones (excluding diaryl/α,β-unsaturated/α-hetero) is 1. The predicted octanol–water partition coefficient (Wildman–Crippen LogP) is 2.32. The number of hydrogen-bond donors (Lipinski definition) is 2. The molecule has 0 aromatic rings. The maximum atomic E-state index is 13.0. The monoisotopic (exact) mass is 359 g/mol. The summed E-state index contributed by atoms with van der Waals surface area (Å²) < 4.78 is 0. The van der Waals surface area contributed by atoms with Crippen molar-refractivity contribution < 1.29 is 14.4 Å². The normalized spacial score (nSPS) is 38.3. The van der Waals surface area contributed by atoms with Crippen LogP contribution in [-0.4, -0.2) is 29.4 Å². The van der Waals surface area contributed by atoms with Crippen molar-refractivity contribution in [2.24, 2.45) is 28.3 Å². The summed E-state index contributed by atoms with van der Waals surface area (Å²) in [6, 6.07) is -0.612. The number of hydrazone groups is 1. The van der Waals surface area contributed by atoms with Crippen LogP contribution in [-0.2, 0) is 14.4 Å². The minimum atomic E-state index is -0.612. The van der Waals surface area contributed by atoms with E-state index in [1.165, 1.54) is 19.3 Å². The molecule has 2 N–H and O–H groups in total. The topological polar surface area (TPSA) is 87.6 Å². The minimum absolute atomic E-state index is 0.0553. The third-order valence-corrected chi connectivity index (χ3v) is 6.91. The Bertz CT molecular complexity index is 619. The van der Waals surface area contributed by atoms with Gasteiger partial charge in [-0.25, -0.2) is 5.43 Å². The molecule has 5 saturated carbocycles. The molecule has 0 unspecified atom stereocenters. The molecule has 2 amide bonds. The van der Waals surface area contributed by atoms with Gasteiger partial charge in [-0.2, -0.15) is 5.10 Å². The van der Waals surface area contributed by atoms with Crippen LogP contribution < -0.4 is 10.7 Å². The minimum Gasteiger partial charge on any atom is -0.344 e. The lowest BCUT2D eigenvalue weighted by Crippen LogP contribution is -2.56. The number of ketones is 1. The van der Waals surface area contributed by atoms with Crippen LogP contribution in [0.4, 0.5) is 0 Å². The van der Waals surface area contributed by atoms with Gasteiger partial charge in [0.2, 0.25) is 5.91 Å². The molecule has 6 nitrogen and oxygen atoms in total. The van der Waals surface area contributed by atoms with E-state index >= 15 is 0 Å². The van der Waals surface area contributed by atoms with Gasteiger partial charge in [-0.05, 0) is 76.0 Å². The van der Waals surface area contributed by atoms with Gasteiger partial charge in [-0.3, -0.25) is 14.4 Å². The zero-order chi connectivity index (χ0) is 18.3. The molecular formula is C20H29N3O3. The summed E-state index contributed by atoms with van der Waals surface area (Å²) in [6.07, 6.45) is 9.32. The van der Waals surface area contributed by atoms with Gasteiger partial charge in [0, 0.05) is 24.0 Å². The lowest BCUT2D eigenvalue weighted by atomic mass is 9.49. The Morgan fingerprint density at radius 1 is 1.08 bits per heavy atom. The van der Waals surface area contributed by atoms with Gasteiger partial charge in [0.25, 0.3) is 5.91 Å². The summed E-state index contributed by atoms with van der Waals surface area (Å²) in [4.78, 5) is 36.8. The Kier molecular flexibility index (Phi) is 4.61. The highest BCUT2D eigenvalue weighted by Crippen LogP contribution is 2.60. The zero-order valence-electron chi connectivity index (χ0n) is 15.6. The van der Waals surface area contributed by atoms with Crippen molar-refractivity contribution in [3.05, 3.63) is 0 Å². The average Bonchev–Trinajstić information content (AvgIpc) is 2.58. The summed E-state index contributed by atoms with van der Waals surface area (Å²) in [6.45, 7) is 1.71. The van der Waals surface area contributed by atoms with Gasteiger partial charge in [-0.1, -0.05) is 0 Å². The van der Waals surface area contributed by atoms with Crippen LogP contribution in [0.5, 0.6) is 0 Å². The van der Waals surface area contributed by atoms with Gasteiger partial charge in [0.15, 0.2) is 0 Å². The van der Waals surface area contributed by atoms with Gasteiger partial charge in [-0.15, -0.1) is 0 Å². The third-order valence-electron chi connectivity index (χ3n) is 6.91. The average molecular weight is 359 g/mol. The van der Waals surface area contributed by atoms with Crippen molar-refractivity contribution in [3.8, 4) is 0 Å². The van der Waals surface area contributed by atoms with Crippen molar-refractivity contribution in [2.45, 2.75) is 77.2 Å². The molecule has 4 bridgehead atoms. The standard InChI is InChI=1S/C20H29N3O3/c1-12(18(25)23-22-16-3-2-4-17(24)8-16)21-19(26)20-9-13-5-14(10-20)7-15(6-13)11-20/h12-15H,2-11H2,1H3,(H,21,26)(H,23,25)/b22-16-/t12-,13?,14?,15?,20?/m0/s1. The Balaban J connectivity index is 1.33. The van der Waals surface area contributed by atoms with Gasteiger partial charge in [0.05, 0.1) is 0 Å². The largest absolute Gasteiger partial charge is 0.344 e. The second-order valence-electron chi connectivity index (χ2n) is 9.12. The van der Waals surface area contributed by atoms with E-state index in [1.54, 1.807) is 6.92 Å². The molecular weight excluding hydrogens is 330 g/mol. The smallest absolute Gasteiger partial charge is 0.262 e. The molecule has 5 rings (SSSR count). The number of hydrogen-bond acceptors (Lipinski definition) is 4. The van der Waals surface area contributed by atoms with Crippen LogP contribution in [0.25, 0.3) is 0 Å². The number of carbonyl (C=O) groups is 3. The SMILES string of the molecule is C[C@H](NC(=O)C12CC3CC(CC(C3)C1)C2)C(=O)N/N=C1/CCCC(=O)C1. The third kappa shape index (κ3) is 3.42. The van der Waals surface area contributed by atoms with E-state index < -0.39 is 6.04 Å². The van der Waals surface area contributed by atoms with Crippen LogP contribution in [0.2, 0.25) is 0 Å². The van der Waals surface area contributed by atoms with Crippen molar-refractivity contribution in [2.75, 3.05) is 0 Å². The molecule has 0 radical (unpaired) electrons. The Labute approximate surface area is 154 Å². The van der Waals surface area contributed by atoms with Crippen molar-refractivity contribution in [1.82, 2.24) is 10.7 Å². The Morgan fingerprint density at radius 2 is 1.69 bits per heavy atom. The first-order valence-electron chi connectivity index (χ1n) is 10.1. The van der Waals surface area contributed by atoms with Crippen LogP contribution in [0.15, 0.2) is 5.10 Å². The summed E-state index contributed by atoms with van der Waals surface area (Å²) in [5.41, 5.74) is 3.02. The lowest BCUT2D eigenvalue weighted by Gasteiger charge is -2.55. The molecule has 0 saturated heterocycles. The van der Waals surface area contributed by atoms with E-state index in [4.69, 9.17) is 0 Å². The van der Waals surface area contributed by atoms with E-state index in [2.05, 4.69) is 15.8 Å². The van der Waals surface area contributed by atoms with E-state index in [-0.39, 0.29) is 23.0 Å². The number of nitrogens with one attached hydrogen (secondary N) is 2. The molecule has 0 spiro atoms. The number of nitrogens with zero attached hydrogens (tertiary/aromatic N) is 1. The first kappa shape index (κ1) is 17.7. The fraction of sp³-hybridized carbons (Fsp3) is 0.800. The van der Waals surface area contributed by atoms with E-state index in [9.17, 15) is 14.4 Å². The fourth-order valence-corrected chi connectivity index (χ4v) is 6.02. The van der Waals surface area contributed by atoms with Crippen molar-refractivity contribution >= 4 is 23.3 Å². The summed E-state index contributed by atoms with van der Waals surface area (Å²) >= 11 is 0. The second-order valence-corrected chi connectivity index (χ2v) is 9.12. The number of amides is 2. The lowest BCUT2D eigenvalue weighted by molar-refractivity contribution is -0.148. The molecule has 0 aliphatic heterocycles. The number of rotatable bonds is 4. The molecule has 5 aliphatic carbocycles. The zero-order valence-corrected chi connectivity index (χ0v) is 15.6. The highest BCUT2D eigenvalue weighted by atomic mass is 16.2. The maximum absolute atomic E-state index is 13.0. The van der Waals surface area contributed by atoms with E-state index in [1.807, 2.05) is 0 Å². The molecule has 142 valence electrons. The van der Waals surface area contributed by atoms with Crippen LogP contribution in [0.3, 0.4) is 0 Å².